The van der Waals surface area contributed by atoms with Gasteiger partial charge in [0, 0.05) is 11.8 Å². The number of hydrogen-bond acceptors (Lipinski definition) is 0. The summed E-state index contributed by atoms with van der Waals surface area (Å²) in [5.74, 6) is 1.44. The van der Waals surface area contributed by atoms with Crippen LogP contribution in [0.4, 0.5) is 0 Å². The molecule has 0 saturated heterocycles. The smallest absolute Gasteiger partial charge is 0.00215 e. The fourth-order valence-electron chi connectivity index (χ4n) is 3.51. The summed E-state index contributed by atoms with van der Waals surface area (Å²) in [5, 5.41) is 0. The Labute approximate surface area is 96.7 Å². The van der Waals surface area contributed by atoms with Crippen LogP contribution in [0.2, 0.25) is 0 Å². The molecule has 2 unspecified atom stereocenters. The minimum absolute atomic E-state index is 0.719. The first-order chi connectivity index (χ1) is 7.92. The van der Waals surface area contributed by atoms with Crippen molar-refractivity contribution in [3.05, 3.63) is 58.7 Å². The molecule has 0 aromatic heterocycles. The number of allylic oxidation sites excluding steroid dienone is 4. The normalized spacial score (nSPS) is 29.0. The quantitative estimate of drug-likeness (QED) is 0.568. The van der Waals surface area contributed by atoms with Gasteiger partial charge in [-0.3, -0.25) is 0 Å². The van der Waals surface area contributed by atoms with Crippen molar-refractivity contribution in [1.82, 2.24) is 0 Å². The van der Waals surface area contributed by atoms with Gasteiger partial charge in [0.15, 0.2) is 0 Å². The molecule has 0 saturated carbocycles. The van der Waals surface area contributed by atoms with Crippen molar-refractivity contribution in [3.8, 4) is 0 Å². The van der Waals surface area contributed by atoms with E-state index in [2.05, 4.69) is 36.4 Å². The van der Waals surface area contributed by atoms with E-state index in [4.69, 9.17) is 0 Å². The van der Waals surface area contributed by atoms with Crippen molar-refractivity contribution >= 4 is 0 Å². The first kappa shape index (κ1) is 8.81. The van der Waals surface area contributed by atoms with Crippen LogP contribution in [-0.4, -0.2) is 0 Å². The van der Waals surface area contributed by atoms with Crippen LogP contribution in [0.3, 0.4) is 0 Å². The van der Waals surface area contributed by atoms with E-state index < -0.39 is 0 Å². The van der Waals surface area contributed by atoms with E-state index >= 15 is 0 Å². The highest BCUT2D eigenvalue weighted by Gasteiger charge is 2.29. The molecule has 2 bridgehead atoms. The Balaban J connectivity index is 1.92. The van der Waals surface area contributed by atoms with Gasteiger partial charge in [-0.1, -0.05) is 36.4 Å². The molecule has 0 radical (unpaired) electrons. The molecule has 4 aliphatic rings. The van der Waals surface area contributed by atoms with Gasteiger partial charge in [0.2, 0.25) is 0 Å². The standard InChI is InChI=1S/C16H16/c1-2-4-14-10-16-12-7-5-11(6-8-12)15(16)9-13(14)3-1/h1-2,5,7,9-12H,3-4,6,8H2. The summed E-state index contributed by atoms with van der Waals surface area (Å²) >= 11 is 0. The van der Waals surface area contributed by atoms with Gasteiger partial charge >= 0.3 is 0 Å². The van der Waals surface area contributed by atoms with Crippen LogP contribution in [0, 0.1) is 0 Å². The van der Waals surface area contributed by atoms with E-state index in [1.807, 2.05) is 0 Å². The van der Waals surface area contributed by atoms with Gasteiger partial charge in [0.1, 0.15) is 0 Å². The molecule has 1 aromatic carbocycles. The Hall–Kier alpha value is -1.30. The van der Waals surface area contributed by atoms with Crippen molar-refractivity contribution in [2.45, 2.75) is 37.5 Å². The molecule has 0 spiro atoms. The zero-order valence-electron chi connectivity index (χ0n) is 9.45. The lowest BCUT2D eigenvalue weighted by Crippen LogP contribution is -2.18. The molecule has 1 aromatic rings. The molecule has 2 atom stereocenters. The molecule has 80 valence electrons. The highest BCUT2D eigenvalue weighted by atomic mass is 14.3. The van der Waals surface area contributed by atoms with Crippen molar-refractivity contribution in [1.29, 1.82) is 0 Å². The first-order valence-electron chi connectivity index (χ1n) is 6.41. The Morgan fingerprint density at radius 2 is 1.25 bits per heavy atom. The second-order valence-corrected chi connectivity index (χ2v) is 5.30. The molecule has 0 nitrogen and oxygen atoms in total. The van der Waals surface area contributed by atoms with Crippen LogP contribution in [0.5, 0.6) is 0 Å². The van der Waals surface area contributed by atoms with Gasteiger partial charge in [0.25, 0.3) is 0 Å². The molecule has 4 aliphatic carbocycles. The summed E-state index contributed by atoms with van der Waals surface area (Å²) in [6.45, 7) is 0. The molecular weight excluding hydrogens is 192 g/mol. The Kier molecular flexibility index (Phi) is 1.71. The Morgan fingerprint density at radius 3 is 1.69 bits per heavy atom. The second-order valence-electron chi connectivity index (χ2n) is 5.30. The van der Waals surface area contributed by atoms with Gasteiger partial charge in [-0.15, -0.1) is 0 Å². The summed E-state index contributed by atoms with van der Waals surface area (Å²) in [5.41, 5.74) is 6.41. The van der Waals surface area contributed by atoms with E-state index in [0.717, 1.165) is 24.7 Å². The maximum atomic E-state index is 2.49. The van der Waals surface area contributed by atoms with Crippen molar-refractivity contribution in [2.24, 2.45) is 0 Å². The molecular formula is C16H16. The largest absolute Gasteiger partial charge is 0.0838 e. The monoisotopic (exact) mass is 208 g/mol. The molecule has 0 aliphatic heterocycles. The predicted molar refractivity (Wildman–Crippen MR) is 66.8 cm³/mol. The van der Waals surface area contributed by atoms with Gasteiger partial charge in [-0.2, -0.15) is 0 Å². The number of benzene rings is 1. The maximum absolute atomic E-state index is 2.49. The van der Waals surface area contributed by atoms with Crippen LogP contribution >= 0.6 is 0 Å². The summed E-state index contributed by atoms with van der Waals surface area (Å²) in [6.07, 6.45) is 14.5. The van der Waals surface area contributed by atoms with Crippen molar-refractivity contribution in [2.75, 3.05) is 0 Å². The van der Waals surface area contributed by atoms with E-state index in [1.54, 1.807) is 22.3 Å². The molecule has 16 heavy (non-hydrogen) atoms. The minimum atomic E-state index is 0.719. The van der Waals surface area contributed by atoms with Gasteiger partial charge in [-0.25, -0.2) is 0 Å². The van der Waals surface area contributed by atoms with Crippen LogP contribution in [-0.2, 0) is 12.8 Å². The summed E-state index contributed by atoms with van der Waals surface area (Å²) in [4.78, 5) is 0. The zero-order valence-corrected chi connectivity index (χ0v) is 9.45. The SMILES string of the molecule is C1=CCc2cc3c(cc2C1)C1C=CC3CC1. The van der Waals surface area contributed by atoms with Crippen LogP contribution in [0.25, 0.3) is 0 Å². The number of rotatable bonds is 0. The van der Waals surface area contributed by atoms with Crippen molar-refractivity contribution in [3.63, 3.8) is 0 Å². The third-order valence-corrected chi connectivity index (χ3v) is 4.41. The van der Waals surface area contributed by atoms with E-state index in [1.165, 1.54) is 12.8 Å². The zero-order chi connectivity index (χ0) is 10.5. The average molecular weight is 208 g/mol. The summed E-state index contributed by atoms with van der Waals surface area (Å²) in [7, 11) is 0. The molecule has 5 rings (SSSR count). The third-order valence-electron chi connectivity index (χ3n) is 4.41. The maximum Gasteiger partial charge on any atom is 0.00215 e. The van der Waals surface area contributed by atoms with Crippen molar-refractivity contribution < 1.29 is 0 Å². The number of hydrogen-bond donors (Lipinski definition) is 0. The highest BCUT2D eigenvalue weighted by Crippen LogP contribution is 2.46. The highest BCUT2D eigenvalue weighted by molar-refractivity contribution is 5.50. The van der Waals surface area contributed by atoms with E-state index in [0.29, 0.717) is 0 Å². The molecule has 0 heterocycles. The summed E-state index contributed by atoms with van der Waals surface area (Å²) in [6, 6.07) is 4.99. The van der Waals surface area contributed by atoms with Crippen LogP contribution < -0.4 is 0 Å². The molecule has 0 amide bonds. The topological polar surface area (TPSA) is 0 Å². The van der Waals surface area contributed by atoms with Gasteiger partial charge in [-0.05, 0) is 47.9 Å². The third kappa shape index (κ3) is 1.10. The van der Waals surface area contributed by atoms with Crippen LogP contribution in [0.15, 0.2) is 36.4 Å². The lowest BCUT2D eigenvalue weighted by Gasteiger charge is -2.35. The predicted octanol–water partition coefficient (Wildman–Crippen LogP) is 3.87. The fraction of sp³-hybridized carbons (Fsp3) is 0.375. The minimum Gasteiger partial charge on any atom is -0.0838 e. The molecule has 0 N–H and O–H groups in total. The summed E-state index contributed by atoms with van der Waals surface area (Å²) < 4.78 is 0. The van der Waals surface area contributed by atoms with Gasteiger partial charge in [0.05, 0.1) is 0 Å². The fourth-order valence-corrected chi connectivity index (χ4v) is 3.51. The van der Waals surface area contributed by atoms with E-state index in [9.17, 15) is 0 Å². The first-order valence-corrected chi connectivity index (χ1v) is 6.41. The molecule has 0 heteroatoms. The lowest BCUT2D eigenvalue weighted by molar-refractivity contribution is 0.552. The molecule has 0 fully saturated rings. The lowest BCUT2D eigenvalue weighted by atomic mass is 9.70. The second kappa shape index (κ2) is 3.10. The number of fused-ring (bicyclic) bond motifs is 2. The van der Waals surface area contributed by atoms with Gasteiger partial charge < -0.3 is 0 Å². The average Bonchev–Trinajstić information content (AvgIpc) is 2.38. The van der Waals surface area contributed by atoms with Crippen LogP contribution in [0.1, 0.15) is 46.9 Å². The Bertz CT molecular complexity index is 460. The Morgan fingerprint density at radius 1 is 0.750 bits per heavy atom. The van der Waals surface area contributed by atoms with E-state index in [-0.39, 0.29) is 0 Å².